The molecule has 3 nitrogen and oxygen atoms in total. The van der Waals surface area contributed by atoms with Gasteiger partial charge in [0.15, 0.2) is 0 Å². The number of aliphatic hydroxyl groups is 1. The van der Waals surface area contributed by atoms with E-state index in [2.05, 4.69) is 4.74 Å². The number of ether oxygens (including phenoxy) is 1. The number of carbonyl (C=O) groups excluding carboxylic acids is 1. The molecular formula is C9H13F3O3. The minimum Gasteiger partial charge on any atom is -0.460 e. The SMILES string of the molecule is O=C(OC1CCCCC1)C(O)C(F)(F)F. The second-order valence-electron chi connectivity index (χ2n) is 3.64. The van der Waals surface area contributed by atoms with E-state index in [1.807, 2.05) is 0 Å². The molecule has 0 saturated heterocycles. The molecule has 0 aromatic carbocycles. The number of halogens is 3. The zero-order chi connectivity index (χ0) is 11.5. The van der Waals surface area contributed by atoms with E-state index < -0.39 is 24.4 Å². The second kappa shape index (κ2) is 4.83. The number of rotatable bonds is 2. The van der Waals surface area contributed by atoms with Crippen LogP contribution in [0.2, 0.25) is 0 Å². The van der Waals surface area contributed by atoms with Crippen molar-refractivity contribution in [3.63, 3.8) is 0 Å². The van der Waals surface area contributed by atoms with E-state index in [0.29, 0.717) is 12.8 Å². The molecule has 0 spiro atoms. The Hall–Kier alpha value is -0.780. The molecule has 15 heavy (non-hydrogen) atoms. The summed E-state index contributed by atoms with van der Waals surface area (Å²) >= 11 is 0. The molecule has 1 aliphatic rings. The summed E-state index contributed by atoms with van der Waals surface area (Å²) in [5.74, 6) is -1.59. The molecule has 0 heterocycles. The predicted octanol–water partition coefficient (Wildman–Crippen LogP) is 1.79. The number of esters is 1. The van der Waals surface area contributed by atoms with Crippen molar-refractivity contribution < 1.29 is 27.8 Å². The van der Waals surface area contributed by atoms with Crippen LogP contribution in [0.5, 0.6) is 0 Å². The van der Waals surface area contributed by atoms with Crippen LogP contribution in [0.4, 0.5) is 13.2 Å². The fraction of sp³-hybridized carbons (Fsp3) is 0.889. The molecule has 0 aromatic heterocycles. The molecule has 1 fully saturated rings. The molecule has 1 rings (SSSR count). The third kappa shape index (κ3) is 3.70. The maximum Gasteiger partial charge on any atom is 0.425 e. The first-order valence-electron chi connectivity index (χ1n) is 4.86. The van der Waals surface area contributed by atoms with Gasteiger partial charge in [0, 0.05) is 0 Å². The zero-order valence-electron chi connectivity index (χ0n) is 8.09. The van der Waals surface area contributed by atoms with E-state index in [4.69, 9.17) is 5.11 Å². The lowest BCUT2D eigenvalue weighted by Crippen LogP contribution is -2.39. The lowest BCUT2D eigenvalue weighted by Gasteiger charge is -2.23. The van der Waals surface area contributed by atoms with Crippen LogP contribution in [0.25, 0.3) is 0 Å². The molecule has 88 valence electrons. The Morgan fingerprint density at radius 3 is 2.27 bits per heavy atom. The van der Waals surface area contributed by atoms with E-state index >= 15 is 0 Å². The maximum atomic E-state index is 11.9. The zero-order valence-corrected chi connectivity index (χ0v) is 8.09. The van der Waals surface area contributed by atoms with Gasteiger partial charge in [-0.05, 0) is 25.7 Å². The Morgan fingerprint density at radius 2 is 1.80 bits per heavy atom. The highest BCUT2D eigenvalue weighted by Gasteiger charge is 2.45. The fourth-order valence-electron chi connectivity index (χ4n) is 1.55. The van der Waals surface area contributed by atoms with Gasteiger partial charge in [-0.1, -0.05) is 6.42 Å². The normalized spacial score (nSPS) is 21.1. The van der Waals surface area contributed by atoms with Gasteiger partial charge in [0.1, 0.15) is 6.10 Å². The van der Waals surface area contributed by atoms with Crippen LogP contribution in [-0.2, 0) is 9.53 Å². The van der Waals surface area contributed by atoms with Gasteiger partial charge >= 0.3 is 12.1 Å². The first kappa shape index (κ1) is 12.3. The Kier molecular flexibility index (Phi) is 3.96. The third-order valence-corrected chi connectivity index (χ3v) is 2.37. The Morgan fingerprint density at radius 1 is 1.27 bits per heavy atom. The van der Waals surface area contributed by atoms with Crippen molar-refractivity contribution in [2.24, 2.45) is 0 Å². The molecular weight excluding hydrogens is 213 g/mol. The van der Waals surface area contributed by atoms with Gasteiger partial charge in [-0.3, -0.25) is 0 Å². The number of aliphatic hydroxyl groups excluding tert-OH is 1. The summed E-state index contributed by atoms with van der Waals surface area (Å²) in [5.41, 5.74) is 0. The highest BCUT2D eigenvalue weighted by Crippen LogP contribution is 2.24. The van der Waals surface area contributed by atoms with Crippen molar-refractivity contribution in [1.29, 1.82) is 0 Å². The van der Waals surface area contributed by atoms with Gasteiger partial charge in [0.05, 0.1) is 0 Å². The number of hydrogen-bond acceptors (Lipinski definition) is 3. The van der Waals surface area contributed by atoms with E-state index in [0.717, 1.165) is 19.3 Å². The summed E-state index contributed by atoms with van der Waals surface area (Å²) in [6.45, 7) is 0. The van der Waals surface area contributed by atoms with Crippen LogP contribution in [-0.4, -0.2) is 29.5 Å². The molecule has 0 radical (unpaired) electrons. The van der Waals surface area contributed by atoms with Crippen LogP contribution in [0.3, 0.4) is 0 Å². The second-order valence-corrected chi connectivity index (χ2v) is 3.64. The number of alkyl halides is 3. The smallest absolute Gasteiger partial charge is 0.425 e. The van der Waals surface area contributed by atoms with Crippen molar-refractivity contribution in [3.05, 3.63) is 0 Å². The minimum atomic E-state index is -4.94. The predicted molar refractivity (Wildman–Crippen MR) is 45.0 cm³/mol. The minimum absolute atomic E-state index is 0.469. The Labute approximate surface area is 85.2 Å². The molecule has 0 aromatic rings. The first-order valence-corrected chi connectivity index (χ1v) is 4.86. The molecule has 1 unspecified atom stereocenters. The van der Waals surface area contributed by atoms with Crippen LogP contribution in [0, 0.1) is 0 Å². The van der Waals surface area contributed by atoms with Gasteiger partial charge < -0.3 is 9.84 Å². The molecule has 0 bridgehead atoms. The quantitative estimate of drug-likeness (QED) is 0.730. The van der Waals surface area contributed by atoms with Crippen LogP contribution in [0.1, 0.15) is 32.1 Å². The molecule has 6 heteroatoms. The Balaban J connectivity index is 2.40. The van der Waals surface area contributed by atoms with Crippen LogP contribution in [0.15, 0.2) is 0 Å². The first-order chi connectivity index (χ1) is 6.91. The number of carbonyl (C=O) groups is 1. The van der Waals surface area contributed by atoms with Crippen LogP contribution < -0.4 is 0 Å². The fourth-order valence-corrected chi connectivity index (χ4v) is 1.55. The van der Waals surface area contributed by atoms with Gasteiger partial charge in [-0.15, -0.1) is 0 Å². The summed E-state index contributed by atoms with van der Waals surface area (Å²) in [7, 11) is 0. The third-order valence-electron chi connectivity index (χ3n) is 2.37. The highest BCUT2D eigenvalue weighted by atomic mass is 19.4. The van der Waals surface area contributed by atoms with Crippen molar-refractivity contribution in [2.75, 3.05) is 0 Å². The molecule has 1 saturated carbocycles. The lowest BCUT2D eigenvalue weighted by molar-refractivity contribution is -0.221. The van der Waals surface area contributed by atoms with Crippen molar-refractivity contribution in [2.45, 2.75) is 50.5 Å². The topological polar surface area (TPSA) is 46.5 Å². The van der Waals surface area contributed by atoms with E-state index in [1.54, 1.807) is 0 Å². The van der Waals surface area contributed by atoms with Gasteiger partial charge in [0.25, 0.3) is 0 Å². The lowest BCUT2D eigenvalue weighted by atomic mass is 9.98. The summed E-state index contributed by atoms with van der Waals surface area (Å²) in [6, 6.07) is 0. The van der Waals surface area contributed by atoms with Crippen molar-refractivity contribution >= 4 is 5.97 Å². The van der Waals surface area contributed by atoms with E-state index in [1.165, 1.54) is 0 Å². The average Bonchev–Trinajstić information content (AvgIpc) is 2.16. The highest BCUT2D eigenvalue weighted by molar-refractivity contribution is 5.75. The molecule has 0 aliphatic heterocycles. The summed E-state index contributed by atoms with van der Waals surface area (Å²) in [6.07, 6.45) is -4.56. The standard InChI is InChI=1S/C9H13F3O3/c10-9(11,12)7(13)8(14)15-6-4-2-1-3-5-6/h6-7,13H,1-5H2. The summed E-state index contributed by atoms with van der Waals surface area (Å²) in [5, 5.41) is 8.59. The molecule has 1 N–H and O–H groups in total. The molecule has 1 atom stereocenters. The summed E-state index contributed by atoms with van der Waals surface area (Å²) < 4.78 is 40.3. The van der Waals surface area contributed by atoms with E-state index in [9.17, 15) is 18.0 Å². The summed E-state index contributed by atoms with van der Waals surface area (Å²) in [4.78, 5) is 10.9. The van der Waals surface area contributed by atoms with E-state index in [-0.39, 0.29) is 0 Å². The Bertz CT molecular complexity index is 221. The monoisotopic (exact) mass is 226 g/mol. The average molecular weight is 226 g/mol. The van der Waals surface area contributed by atoms with Crippen molar-refractivity contribution in [3.8, 4) is 0 Å². The largest absolute Gasteiger partial charge is 0.460 e. The van der Waals surface area contributed by atoms with Crippen molar-refractivity contribution in [1.82, 2.24) is 0 Å². The van der Waals surface area contributed by atoms with Crippen LogP contribution >= 0.6 is 0 Å². The molecule has 0 amide bonds. The molecule has 1 aliphatic carbocycles. The number of hydrogen-bond donors (Lipinski definition) is 1. The van der Waals surface area contributed by atoms with Gasteiger partial charge in [-0.25, -0.2) is 4.79 Å². The maximum absolute atomic E-state index is 11.9. The van der Waals surface area contributed by atoms with Gasteiger partial charge in [-0.2, -0.15) is 13.2 Å². The van der Waals surface area contributed by atoms with Gasteiger partial charge in [0.2, 0.25) is 6.10 Å².